The van der Waals surface area contributed by atoms with Crippen LogP contribution in [0.4, 0.5) is 14.5 Å². The number of hydrogen-bond acceptors (Lipinski definition) is 3. The molecule has 1 fully saturated rings. The number of halogens is 2. The summed E-state index contributed by atoms with van der Waals surface area (Å²) in [7, 11) is 0. The lowest BCUT2D eigenvalue weighted by Crippen LogP contribution is -2.26. The molecule has 3 rings (SSSR count). The van der Waals surface area contributed by atoms with Crippen LogP contribution in [0.1, 0.15) is 25.7 Å². The van der Waals surface area contributed by atoms with Gasteiger partial charge in [-0.2, -0.15) is 0 Å². The lowest BCUT2D eigenvalue weighted by Gasteiger charge is -2.18. The van der Waals surface area contributed by atoms with Gasteiger partial charge in [-0.15, -0.1) is 0 Å². The summed E-state index contributed by atoms with van der Waals surface area (Å²) in [5.74, 6) is -3.96. The van der Waals surface area contributed by atoms with E-state index in [2.05, 4.69) is 10.5 Å². The predicted molar refractivity (Wildman–Crippen MR) is 77.5 cm³/mol. The van der Waals surface area contributed by atoms with E-state index in [1.807, 2.05) is 6.07 Å². The lowest BCUT2D eigenvalue weighted by atomic mass is 10.0. The van der Waals surface area contributed by atoms with Crippen molar-refractivity contribution in [2.75, 3.05) is 5.32 Å². The van der Waals surface area contributed by atoms with Crippen molar-refractivity contribution < 1.29 is 18.1 Å². The molecule has 1 atom stereocenters. The molecule has 0 radical (unpaired) electrons. The average Bonchev–Trinajstić information content (AvgIpc) is 3.10. The maximum Gasteiger partial charge on any atom is 0.251 e. The van der Waals surface area contributed by atoms with Crippen molar-refractivity contribution in [2.45, 2.75) is 31.6 Å². The Hall–Kier alpha value is -2.24. The third-order valence-electron chi connectivity index (χ3n) is 3.97. The third kappa shape index (κ3) is 3.16. The van der Waals surface area contributed by atoms with Crippen LogP contribution in [0.2, 0.25) is 0 Å². The number of carbonyl (C=O) groups is 1. The van der Waals surface area contributed by atoms with Gasteiger partial charge in [0.2, 0.25) is 5.91 Å². The Morgan fingerprint density at radius 2 is 2.27 bits per heavy atom. The molecule has 2 aromatic rings. The molecule has 22 heavy (non-hydrogen) atoms. The Kier molecular flexibility index (Phi) is 3.92. The number of hydrogen-bond donors (Lipinski definition) is 1. The fraction of sp³-hybridized carbons (Fsp3) is 0.375. The molecule has 6 heteroatoms. The highest BCUT2D eigenvalue weighted by Crippen LogP contribution is 2.42. The number of carbonyl (C=O) groups excluding carboxylic acids is 1. The first-order valence-electron chi connectivity index (χ1n) is 7.23. The maximum absolute atomic E-state index is 13.6. The minimum Gasteiger partial charge on any atom is -0.364 e. The number of alkyl halides is 2. The summed E-state index contributed by atoms with van der Waals surface area (Å²) in [5, 5.41) is 6.50. The highest BCUT2D eigenvalue weighted by molar-refractivity contribution is 5.91. The van der Waals surface area contributed by atoms with Crippen LogP contribution in [0.15, 0.2) is 41.1 Å². The monoisotopic (exact) mass is 306 g/mol. The summed E-state index contributed by atoms with van der Waals surface area (Å²) in [4.78, 5) is 12.0. The van der Waals surface area contributed by atoms with Gasteiger partial charge >= 0.3 is 0 Å². The molecule has 1 heterocycles. The van der Waals surface area contributed by atoms with E-state index < -0.39 is 11.8 Å². The minimum atomic E-state index is -2.72. The molecular formula is C16H16F2N2O2. The molecule has 1 aliphatic rings. The highest BCUT2D eigenvalue weighted by atomic mass is 19.3. The van der Waals surface area contributed by atoms with Crippen LogP contribution in [0.3, 0.4) is 0 Å². The van der Waals surface area contributed by atoms with E-state index in [1.165, 1.54) is 6.26 Å². The van der Waals surface area contributed by atoms with Crippen molar-refractivity contribution in [2.24, 2.45) is 5.92 Å². The Labute approximate surface area is 126 Å². The van der Waals surface area contributed by atoms with Crippen molar-refractivity contribution in [1.29, 1.82) is 0 Å². The Bertz CT molecular complexity index is 656. The minimum absolute atomic E-state index is 0.118. The molecule has 0 aliphatic heterocycles. The Morgan fingerprint density at radius 3 is 2.95 bits per heavy atom. The van der Waals surface area contributed by atoms with E-state index >= 15 is 0 Å². The SMILES string of the molecule is O=C(CC1CCCC1(F)F)Nc1cccc(-c2ccon2)c1. The van der Waals surface area contributed by atoms with Crippen LogP contribution in [-0.2, 0) is 4.79 Å². The fourth-order valence-corrected chi connectivity index (χ4v) is 2.80. The molecule has 1 saturated carbocycles. The van der Waals surface area contributed by atoms with Gasteiger partial charge in [-0.1, -0.05) is 17.3 Å². The maximum atomic E-state index is 13.6. The standard InChI is InChI=1S/C16H16F2N2O2/c17-16(18)7-2-4-12(16)10-15(21)19-13-5-1-3-11(9-13)14-6-8-22-20-14/h1,3,5-6,8-9,12H,2,4,7,10H2,(H,19,21). The second-order valence-electron chi connectivity index (χ2n) is 5.57. The molecule has 4 nitrogen and oxygen atoms in total. The van der Waals surface area contributed by atoms with Crippen LogP contribution in [-0.4, -0.2) is 17.0 Å². The quantitative estimate of drug-likeness (QED) is 0.925. The van der Waals surface area contributed by atoms with E-state index in [0.717, 1.165) is 5.56 Å². The largest absolute Gasteiger partial charge is 0.364 e. The third-order valence-corrected chi connectivity index (χ3v) is 3.97. The van der Waals surface area contributed by atoms with Gasteiger partial charge in [0.05, 0.1) is 0 Å². The first-order valence-corrected chi connectivity index (χ1v) is 7.23. The zero-order valence-electron chi connectivity index (χ0n) is 11.9. The summed E-state index contributed by atoms with van der Waals surface area (Å²) in [5.41, 5.74) is 2.00. The van der Waals surface area contributed by atoms with Crippen molar-refractivity contribution in [3.8, 4) is 11.3 Å². The van der Waals surface area contributed by atoms with Crippen LogP contribution in [0.25, 0.3) is 11.3 Å². The molecule has 0 bridgehead atoms. The van der Waals surface area contributed by atoms with Crippen LogP contribution < -0.4 is 5.32 Å². The number of anilines is 1. The van der Waals surface area contributed by atoms with Crippen molar-refractivity contribution in [3.05, 3.63) is 36.6 Å². The summed E-state index contributed by atoms with van der Waals surface area (Å²) in [6, 6.07) is 8.76. The predicted octanol–water partition coefficient (Wildman–Crippen LogP) is 4.11. The molecule has 116 valence electrons. The Balaban J connectivity index is 1.66. The number of aromatic nitrogens is 1. The summed E-state index contributed by atoms with van der Waals surface area (Å²) in [6.07, 6.45) is 2.07. The molecule has 1 N–H and O–H groups in total. The van der Waals surface area contributed by atoms with Crippen molar-refractivity contribution in [3.63, 3.8) is 0 Å². The second kappa shape index (κ2) is 5.87. The summed E-state index contributed by atoms with van der Waals surface area (Å²) >= 11 is 0. The highest BCUT2D eigenvalue weighted by Gasteiger charge is 2.44. The molecule has 1 aliphatic carbocycles. The van der Waals surface area contributed by atoms with Crippen molar-refractivity contribution in [1.82, 2.24) is 5.16 Å². The number of nitrogens with zero attached hydrogens (tertiary/aromatic N) is 1. The van der Waals surface area contributed by atoms with E-state index in [-0.39, 0.29) is 18.7 Å². The van der Waals surface area contributed by atoms with Gasteiger partial charge in [0, 0.05) is 36.1 Å². The van der Waals surface area contributed by atoms with Gasteiger partial charge in [-0.3, -0.25) is 4.79 Å². The first-order chi connectivity index (χ1) is 10.5. The topological polar surface area (TPSA) is 55.1 Å². The van der Waals surface area contributed by atoms with Gasteiger partial charge in [-0.25, -0.2) is 8.78 Å². The molecular weight excluding hydrogens is 290 g/mol. The zero-order valence-corrected chi connectivity index (χ0v) is 11.9. The van der Waals surface area contributed by atoms with Crippen LogP contribution >= 0.6 is 0 Å². The van der Waals surface area contributed by atoms with Crippen molar-refractivity contribution >= 4 is 11.6 Å². The van der Waals surface area contributed by atoms with Crippen LogP contribution in [0, 0.1) is 5.92 Å². The normalized spacial score (nSPS) is 20.0. The van der Waals surface area contributed by atoms with E-state index in [9.17, 15) is 13.6 Å². The van der Waals surface area contributed by atoms with Gasteiger partial charge in [0.15, 0.2) is 0 Å². The average molecular weight is 306 g/mol. The van der Waals surface area contributed by atoms with E-state index in [0.29, 0.717) is 24.2 Å². The Morgan fingerprint density at radius 1 is 1.41 bits per heavy atom. The van der Waals surface area contributed by atoms with E-state index in [1.54, 1.807) is 24.3 Å². The smallest absolute Gasteiger partial charge is 0.251 e. The number of amides is 1. The lowest BCUT2D eigenvalue weighted by molar-refractivity contribution is -0.120. The molecule has 0 spiro atoms. The molecule has 1 unspecified atom stereocenters. The molecule has 1 amide bonds. The molecule has 1 aromatic heterocycles. The van der Waals surface area contributed by atoms with E-state index in [4.69, 9.17) is 4.52 Å². The molecule has 1 aromatic carbocycles. The second-order valence-corrected chi connectivity index (χ2v) is 5.57. The summed E-state index contributed by atoms with van der Waals surface area (Å²) in [6.45, 7) is 0. The number of benzene rings is 1. The number of nitrogens with one attached hydrogen (secondary N) is 1. The van der Waals surface area contributed by atoms with Crippen LogP contribution in [0.5, 0.6) is 0 Å². The first kappa shape index (κ1) is 14.7. The summed E-state index contributed by atoms with van der Waals surface area (Å²) < 4.78 is 31.9. The fourth-order valence-electron chi connectivity index (χ4n) is 2.80. The zero-order chi connectivity index (χ0) is 15.6. The number of rotatable bonds is 4. The van der Waals surface area contributed by atoms with Gasteiger partial charge in [0.25, 0.3) is 5.92 Å². The molecule has 0 saturated heterocycles. The van der Waals surface area contributed by atoms with Gasteiger partial charge < -0.3 is 9.84 Å². The van der Waals surface area contributed by atoms with Gasteiger partial charge in [0.1, 0.15) is 12.0 Å². The van der Waals surface area contributed by atoms with Gasteiger partial charge in [-0.05, 0) is 25.0 Å².